The molecule has 0 N–H and O–H groups in total. The summed E-state index contributed by atoms with van der Waals surface area (Å²) < 4.78 is 0. The van der Waals surface area contributed by atoms with Crippen LogP contribution in [0.5, 0.6) is 0 Å². The van der Waals surface area contributed by atoms with Crippen molar-refractivity contribution >= 4 is 92.8 Å². The van der Waals surface area contributed by atoms with Crippen molar-refractivity contribution in [2.75, 3.05) is 5.88 Å². The monoisotopic (exact) mass is 410 g/mol. The average molecular weight is 414 g/mol. The zero-order chi connectivity index (χ0) is 13.9. The Hall–Kier alpha value is 2.32. The molecule has 0 aliphatic heterocycles. The van der Waals surface area contributed by atoms with Crippen LogP contribution in [0.25, 0.3) is 0 Å². The molecule has 0 radical (unpaired) electrons. The predicted molar refractivity (Wildman–Crippen MR) is 83.6 cm³/mol. The molecule has 0 heterocycles. The standard InChI is InChI=1S/C10H10Cl8/c11-2-10(8(17)18)4-3(12)1-9(10,7(15)16)6(14)5(4)13/h3-8H,1-2H2/t3-,4-,5+,6-,9+,10-/m1/s1. The van der Waals surface area contributed by atoms with Gasteiger partial charge in [0.05, 0.1) is 10.8 Å². The first-order valence-corrected chi connectivity index (χ1v) is 8.90. The summed E-state index contributed by atoms with van der Waals surface area (Å²) in [6.45, 7) is 0. The number of halogens is 8. The van der Waals surface area contributed by atoms with Gasteiger partial charge in [0, 0.05) is 28.0 Å². The number of fused-ring (bicyclic) bond motifs is 2. The Morgan fingerprint density at radius 3 is 1.89 bits per heavy atom. The molecular weight excluding hydrogens is 404 g/mol. The fourth-order valence-corrected chi connectivity index (χ4v) is 8.11. The third-order valence-corrected chi connectivity index (χ3v) is 8.24. The Labute approximate surface area is 146 Å². The maximum atomic E-state index is 6.45. The highest BCUT2D eigenvalue weighted by Crippen LogP contribution is 2.75. The van der Waals surface area contributed by atoms with Crippen LogP contribution in [0.3, 0.4) is 0 Å². The summed E-state index contributed by atoms with van der Waals surface area (Å²) in [5.41, 5.74) is -1.53. The lowest BCUT2D eigenvalue weighted by atomic mass is 9.70. The van der Waals surface area contributed by atoms with Crippen LogP contribution < -0.4 is 0 Å². The zero-order valence-corrected chi connectivity index (χ0v) is 14.9. The minimum absolute atomic E-state index is 0.168. The van der Waals surface area contributed by atoms with Gasteiger partial charge in [-0.2, -0.15) is 0 Å². The topological polar surface area (TPSA) is 0 Å². The van der Waals surface area contributed by atoms with Crippen molar-refractivity contribution in [2.45, 2.75) is 32.2 Å². The molecule has 0 aromatic heterocycles. The van der Waals surface area contributed by atoms with E-state index in [0.29, 0.717) is 6.42 Å². The molecule has 0 spiro atoms. The molecule has 0 unspecified atom stereocenters. The van der Waals surface area contributed by atoms with Gasteiger partial charge < -0.3 is 0 Å². The second kappa shape index (κ2) is 5.51. The molecule has 0 nitrogen and oxygen atoms in total. The van der Waals surface area contributed by atoms with Crippen LogP contribution in [0.1, 0.15) is 6.42 Å². The molecule has 0 saturated heterocycles. The largest absolute Gasteiger partial charge is 0.126 e. The van der Waals surface area contributed by atoms with Crippen LogP contribution in [-0.4, -0.2) is 31.7 Å². The van der Waals surface area contributed by atoms with Crippen LogP contribution in [0.4, 0.5) is 0 Å². The normalized spacial score (nSPS) is 51.7. The van der Waals surface area contributed by atoms with E-state index in [4.69, 9.17) is 92.8 Å². The molecule has 0 aromatic carbocycles. The minimum atomic E-state index is -0.784. The van der Waals surface area contributed by atoms with E-state index in [-0.39, 0.29) is 17.2 Å². The van der Waals surface area contributed by atoms with Gasteiger partial charge in [0.2, 0.25) is 0 Å². The van der Waals surface area contributed by atoms with Gasteiger partial charge in [0.1, 0.15) is 9.67 Å². The number of rotatable bonds is 3. The van der Waals surface area contributed by atoms with E-state index in [9.17, 15) is 0 Å². The van der Waals surface area contributed by atoms with Crippen molar-refractivity contribution in [3.63, 3.8) is 0 Å². The summed E-state index contributed by atoms with van der Waals surface area (Å²) in [6, 6.07) is 0. The van der Waals surface area contributed by atoms with Crippen molar-refractivity contribution in [1.82, 2.24) is 0 Å². The summed E-state index contributed by atoms with van der Waals surface area (Å²) in [6.07, 6.45) is 0.511. The van der Waals surface area contributed by atoms with Crippen LogP contribution >= 0.6 is 92.8 Å². The first kappa shape index (κ1) is 16.7. The maximum Gasteiger partial charge on any atom is 0.115 e. The lowest BCUT2D eigenvalue weighted by Gasteiger charge is -2.45. The highest BCUT2D eigenvalue weighted by molar-refractivity contribution is 6.48. The first-order chi connectivity index (χ1) is 8.27. The molecule has 2 fully saturated rings. The van der Waals surface area contributed by atoms with Gasteiger partial charge in [-0.05, 0) is 6.42 Å². The van der Waals surface area contributed by atoms with Crippen molar-refractivity contribution in [3.8, 4) is 0 Å². The number of hydrogen-bond acceptors (Lipinski definition) is 0. The van der Waals surface area contributed by atoms with Crippen molar-refractivity contribution in [2.24, 2.45) is 16.7 Å². The van der Waals surface area contributed by atoms with E-state index in [1.807, 2.05) is 0 Å². The Balaban J connectivity index is 2.64. The molecule has 6 atom stereocenters. The molecule has 2 bridgehead atoms. The van der Waals surface area contributed by atoms with Crippen LogP contribution in [0.2, 0.25) is 0 Å². The molecule has 2 saturated carbocycles. The smallest absolute Gasteiger partial charge is 0.115 e. The Morgan fingerprint density at radius 2 is 1.56 bits per heavy atom. The van der Waals surface area contributed by atoms with Gasteiger partial charge in [-0.1, -0.05) is 0 Å². The van der Waals surface area contributed by atoms with E-state index < -0.39 is 31.3 Å². The first-order valence-electron chi connectivity index (χ1n) is 5.31. The van der Waals surface area contributed by atoms with E-state index in [2.05, 4.69) is 0 Å². The Morgan fingerprint density at radius 1 is 1.00 bits per heavy atom. The Bertz CT molecular complexity index is 326. The lowest BCUT2D eigenvalue weighted by molar-refractivity contribution is 0.144. The number of hydrogen-bond donors (Lipinski definition) is 0. The van der Waals surface area contributed by atoms with E-state index in [1.165, 1.54) is 0 Å². The minimum Gasteiger partial charge on any atom is -0.126 e. The summed E-state index contributed by atoms with van der Waals surface area (Å²) in [4.78, 5) is -1.57. The third-order valence-electron chi connectivity index (χ3n) is 4.50. The second-order valence-electron chi connectivity index (χ2n) is 4.91. The fraction of sp³-hybridized carbons (Fsp3) is 1.00. The molecule has 0 aromatic rings. The van der Waals surface area contributed by atoms with Crippen molar-refractivity contribution < 1.29 is 0 Å². The van der Waals surface area contributed by atoms with Gasteiger partial charge in [0.25, 0.3) is 0 Å². The molecular formula is C10H10Cl8. The zero-order valence-electron chi connectivity index (χ0n) is 8.90. The fourth-order valence-electron chi connectivity index (χ4n) is 3.62. The van der Waals surface area contributed by atoms with Crippen LogP contribution in [0, 0.1) is 16.7 Å². The number of alkyl halides is 8. The SMILES string of the molecule is ClC[C@]1(C(Cl)Cl)[C@H]2[C@H](Cl)[C@@H](Cl)[C@]1(C(Cl)Cl)C[C@H]2Cl. The Kier molecular flexibility index (Phi) is 5.10. The molecule has 8 heteroatoms. The van der Waals surface area contributed by atoms with E-state index in [1.54, 1.807) is 0 Å². The van der Waals surface area contributed by atoms with E-state index in [0.717, 1.165) is 0 Å². The molecule has 2 aliphatic carbocycles. The predicted octanol–water partition coefficient (Wildman–Crippen LogP) is 5.66. The molecule has 18 heavy (non-hydrogen) atoms. The maximum absolute atomic E-state index is 6.45. The average Bonchev–Trinajstić information content (AvgIpc) is 2.66. The van der Waals surface area contributed by atoms with Crippen molar-refractivity contribution in [1.29, 1.82) is 0 Å². The highest BCUT2D eigenvalue weighted by Gasteiger charge is 2.78. The van der Waals surface area contributed by atoms with Gasteiger partial charge in [-0.25, -0.2) is 0 Å². The lowest BCUT2D eigenvalue weighted by Crippen LogP contribution is -2.50. The van der Waals surface area contributed by atoms with E-state index >= 15 is 0 Å². The second-order valence-corrected chi connectivity index (χ2v) is 8.90. The van der Waals surface area contributed by atoms with Crippen LogP contribution in [0.15, 0.2) is 0 Å². The van der Waals surface area contributed by atoms with Gasteiger partial charge in [0.15, 0.2) is 0 Å². The van der Waals surface area contributed by atoms with Crippen LogP contribution in [-0.2, 0) is 0 Å². The molecule has 2 rings (SSSR count). The summed E-state index contributed by atoms with van der Waals surface area (Å²) in [5, 5.41) is -1.10. The van der Waals surface area contributed by atoms with Crippen molar-refractivity contribution in [3.05, 3.63) is 0 Å². The molecule has 2 aliphatic rings. The summed E-state index contributed by atoms with van der Waals surface area (Å²) in [7, 11) is 0. The van der Waals surface area contributed by atoms with Gasteiger partial charge >= 0.3 is 0 Å². The summed E-state index contributed by atoms with van der Waals surface area (Å²) >= 11 is 50.1. The molecule has 0 amide bonds. The summed E-state index contributed by atoms with van der Waals surface area (Å²) in [5.74, 6) is -0.0400. The molecule has 106 valence electrons. The quantitative estimate of drug-likeness (QED) is 0.524. The third kappa shape index (κ3) is 1.80. The highest BCUT2D eigenvalue weighted by atomic mass is 35.5. The van der Waals surface area contributed by atoms with Gasteiger partial charge in [-0.15, -0.1) is 92.8 Å². The van der Waals surface area contributed by atoms with Gasteiger partial charge in [-0.3, -0.25) is 0 Å².